The normalized spacial score (nSPS) is 17.4. The van der Waals surface area contributed by atoms with Crippen LogP contribution in [0, 0.1) is 0 Å². The van der Waals surface area contributed by atoms with Gasteiger partial charge in [0.15, 0.2) is 0 Å². The van der Waals surface area contributed by atoms with Crippen LogP contribution in [0.5, 0.6) is 0 Å². The molecule has 0 saturated carbocycles. The second kappa shape index (κ2) is 6.28. The Hall–Kier alpha value is -0.710. The Balaban J connectivity index is 1.95. The van der Waals surface area contributed by atoms with E-state index in [0.717, 1.165) is 32.7 Å². The van der Waals surface area contributed by atoms with Gasteiger partial charge in [0.25, 0.3) is 0 Å². The third-order valence-electron chi connectivity index (χ3n) is 3.21. The summed E-state index contributed by atoms with van der Waals surface area (Å²) < 4.78 is 0. The van der Waals surface area contributed by atoms with Crippen LogP contribution < -0.4 is 4.90 Å². The van der Waals surface area contributed by atoms with Crippen molar-refractivity contribution in [3.8, 4) is 0 Å². The van der Waals surface area contributed by atoms with E-state index < -0.39 is 0 Å². The molecule has 2 rings (SSSR count). The minimum Gasteiger partial charge on any atom is -0.395 e. The summed E-state index contributed by atoms with van der Waals surface area (Å²) in [5.41, 5.74) is 1.32. The Morgan fingerprint density at radius 1 is 1.24 bits per heavy atom. The Morgan fingerprint density at radius 3 is 2.65 bits per heavy atom. The summed E-state index contributed by atoms with van der Waals surface area (Å²) in [5.74, 6) is 0. The van der Waals surface area contributed by atoms with Crippen molar-refractivity contribution in [2.75, 3.05) is 50.5 Å². The van der Waals surface area contributed by atoms with E-state index in [9.17, 15) is 0 Å². The molecule has 1 aromatic carbocycles. The number of hydrogen-bond acceptors (Lipinski definition) is 4. The van der Waals surface area contributed by atoms with Crippen LogP contribution in [0.4, 0.5) is 5.69 Å². The maximum Gasteiger partial charge on any atom is 0.0558 e. The van der Waals surface area contributed by atoms with Crippen molar-refractivity contribution in [3.05, 3.63) is 24.3 Å². The van der Waals surface area contributed by atoms with Crippen molar-refractivity contribution < 1.29 is 5.11 Å². The summed E-state index contributed by atoms with van der Waals surface area (Å²) in [6.45, 7) is 5.27. The molecule has 94 valence electrons. The minimum atomic E-state index is 0.266. The first-order valence-corrected chi connectivity index (χ1v) is 7.28. The molecule has 0 atom stereocenters. The molecule has 0 aliphatic carbocycles. The van der Waals surface area contributed by atoms with Gasteiger partial charge >= 0.3 is 0 Å². The van der Waals surface area contributed by atoms with Gasteiger partial charge in [0.05, 0.1) is 6.61 Å². The maximum absolute atomic E-state index is 8.91. The van der Waals surface area contributed by atoms with Gasteiger partial charge in [0.1, 0.15) is 0 Å². The highest BCUT2D eigenvalue weighted by atomic mass is 32.2. The number of β-amino-alcohol motifs (C(OH)–C–C–N with tert-alkyl or cyclic N) is 1. The molecule has 1 N–H and O–H groups in total. The minimum absolute atomic E-state index is 0.266. The second-order valence-electron chi connectivity index (χ2n) is 4.25. The molecule has 1 heterocycles. The molecule has 4 heteroatoms. The summed E-state index contributed by atoms with van der Waals surface area (Å²) in [5, 5.41) is 8.91. The first kappa shape index (κ1) is 12.7. The number of rotatable bonds is 4. The standard InChI is InChI=1S/C13H20N2OS/c1-17-13-4-2-3-12(11-13)15-7-5-14(6-8-15)9-10-16/h2-4,11,16H,5-10H2,1H3. The Bertz CT molecular complexity index is 351. The highest BCUT2D eigenvalue weighted by molar-refractivity contribution is 7.98. The number of aliphatic hydroxyl groups is 1. The van der Waals surface area contributed by atoms with E-state index >= 15 is 0 Å². The summed E-state index contributed by atoms with van der Waals surface area (Å²) in [4.78, 5) is 6.06. The lowest BCUT2D eigenvalue weighted by Crippen LogP contribution is -2.47. The van der Waals surface area contributed by atoms with Gasteiger partial charge in [0, 0.05) is 43.3 Å². The summed E-state index contributed by atoms with van der Waals surface area (Å²) in [7, 11) is 0. The molecule has 1 aliphatic rings. The third-order valence-corrected chi connectivity index (χ3v) is 3.93. The van der Waals surface area contributed by atoms with E-state index in [0.29, 0.717) is 0 Å². The topological polar surface area (TPSA) is 26.7 Å². The van der Waals surface area contributed by atoms with Gasteiger partial charge in [-0.05, 0) is 24.5 Å². The SMILES string of the molecule is CSc1cccc(N2CCN(CCO)CC2)c1. The fourth-order valence-corrected chi connectivity index (χ4v) is 2.63. The van der Waals surface area contributed by atoms with Crippen LogP contribution >= 0.6 is 11.8 Å². The summed E-state index contributed by atoms with van der Waals surface area (Å²) in [6, 6.07) is 8.71. The fourth-order valence-electron chi connectivity index (χ4n) is 2.18. The van der Waals surface area contributed by atoms with Gasteiger partial charge in [-0.1, -0.05) is 6.07 Å². The molecule has 0 aromatic heterocycles. The smallest absolute Gasteiger partial charge is 0.0558 e. The van der Waals surface area contributed by atoms with Crippen LogP contribution in [0.1, 0.15) is 0 Å². The zero-order chi connectivity index (χ0) is 12.1. The van der Waals surface area contributed by atoms with E-state index in [1.807, 2.05) is 0 Å². The molecule has 1 aromatic rings. The van der Waals surface area contributed by atoms with Crippen LogP contribution in [0.2, 0.25) is 0 Å². The van der Waals surface area contributed by atoms with Crippen molar-refractivity contribution in [2.45, 2.75) is 4.90 Å². The second-order valence-corrected chi connectivity index (χ2v) is 5.13. The molecule has 0 bridgehead atoms. The zero-order valence-electron chi connectivity index (χ0n) is 10.3. The number of piperazine rings is 1. The van der Waals surface area contributed by atoms with Gasteiger partial charge < -0.3 is 10.0 Å². The lowest BCUT2D eigenvalue weighted by Gasteiger charge is -2.35. The number of aliphatic hydroxyl groups excluding tert-OH is 1. The van der Waals surface area contributed by atoms with Crippen molar-refractivity contribution >= 4 is 17.4 Å². The average Bonchev–Trinajstić information content (AvgIpc) is 2.40. The van der Waals surface area contributed by atoms with E-state index in [2.05, 4.69) is 40.3 Å². The van der Waals surface area contributed by atoms with Crippen LogP contribution in [0.3, 0.4) is 0 Å². The maximum atomic E-state index is 8.91. The number of anilines is 1. The predicted molar refractivity (Wildman–Crippen MR) is 74.0 cm³/mol. The number of hydrogen-bond donors (Lipinski definition) is 1. The van der Waals surface area contributed by atoms with Crippen molar-refractivity contribution in [3.63, 3.8) is 0 Å². The number of benzene rings is 1. The van der Waals surface area contributed by atoms with E-state index in [1.165, 1.54) is 10.6 Å². The average molecular weight is 252 g/mol. The summed E-state index contributed by atoms with van der Waals surface area (Å²) >= 11 is 1.79. The molecule has 1 aliphatic heterocycles. The molecule has 0 unspecified atom stereocenters. The summed E-state index contributed by atoms with van der Waals surface area (Å²) in [6.07, 6.45) is 2.11. The van der Waals surface area contributed by atoms with Crippen LogP contribution in [0.15, 0.2) is 29.2 Å². The molecule has 0 spiro atoms. The van der Waals surface area contributed by atoms with Gasteiger partial charge in [-0.3, -0.25) is 4.90 Å². The molecule has 1 saturated heterocycles. The molecule has 1 fully saturated rings. The monoisotopic (exact) mass is 252 g/mol. The largest absolute Gasteiger partial charge is 0.395 e. The highest BCUT2D eigenvalue weighted by Gasteiger charge is 2.16. The lowest BCUT2D eigenvalue weighted by molar-refractivity contribution is 0.189. The Morgan fingerprint density at radius 2 is 2.00 bits per heavy atom. The van der Waals surface area contributed by atoms with Crippen molar-refractivity contribution in [1.29, 1.82) is 0 Å². The fraction of sp³-hybridized carbons (Fsp3) is 0.538. The molecular weight excluding hydrogens is 232 g/mol. The van der Waals surface area contributed by atoms with Gasteiger partial charge in [-0.15, -0.1) is 11.8 Å². The third kappa shape index (κ3) is 3.37. The Kier molecular flexibility index (Phi) is 4.71. The molecule has 3 nitrogen and oxygen atoms in total. The zero-order valence-corrected chi connectivity index (χ0v) is 11.1. The van der Waals surface area contributed by atoms with E-state index in [1.54, 1.807) is 11.8 Å². The first-order chi connectivity index (χ1) is 8.33. The van der Waals surface area contributed by atoms with Crippen LogP contribution in [0.25, 0.3) is 0 Å². The molecule has 0 radical (unpaired) electrons. The molecule has 0 amide bonds. The lowest BCUT2D eigenvalue weighted by atomic mass is 10.2. The van der Waals surface area contributed by atoms with Crippen LogP contribution in [-0.2, 0) is 0 Å². The Labute approximate surface area is 107 Å². The van der Waals surface area contributed by atoms with Crippen molar-refractivity contribution in [2.24, 2.45) is 0 Å². The van der Waals surface area contributed by atoms with Crippen molar-refractivity contribution in [1.82, 2.24) is 4.90 Å². The van der Waals surface area contributed by atoms with Gasteiger partial charge in [-0.2, -0.15) is 0 Å². The molecule has 17 heavy (non-hydrogen) atoms. The quantitative estimate of drug-likeness (QED) is 0.822. The van der Waals surface area contributed by atoms with Gasteiger partial charge in [0.2, 0.25) is 0 Å². The van der Waals surface area contributed by atoms with Gasteiger partial charge in [-0.25, -0.2) is 0 Å². The van der Waals surface area contributed by atoms with Crippen LogP contribution in [-0.4, -0.2) is 55.6 Å². The first-order valence-electron chi connectivity index (χ1n) is 6.05. The number of thioether (sulfide) groups is 1. The van der Waals surface area contributed by atoms with E-state index in [4.69, 9.17) is 5.11 Å². The number of nitrogens with zero attached hydrogens (tertiary/aromatic N) is 2. The highest BCUT2D eigenvalue weighted by Crippen LogP contribution is 2.22. The predicted octanol–water partition coefficient (Wildman–Crippen LogP) is 1.52. The van der Waals surface area contributed by atoms with E-state index in [-0.39, 0.29) is 6.61 Å². The molecular formula is C13H20N2OS.